The van der Waals surface area contributed by atoms with Crippen molar-refractivity contribution in [2.45, 2.75) is 26.3 Å². The van der Waals surface area contributed by atoms with Crippen LogP contribution in [0.5, 0.6) is 0 Å². The Morgan fingerprint density at radius 3 is 2.69 bits per heavy atom. The van der Waals surface area contributed by atoms with Gasteiger partial charge in [0.05, 0.1) is 11.6 Å². The van der Waals surface area contributed by atoms with E-state index >= 15 is 0 Å². The van der Waals surface area contributed by atoms with Gasteiger partial charge in [0.15, 0.2) is 5.82 Å². The number of aromatic nitrogens is 5. The number of carbonyl (C=O) groups is 1. The third-order valence-electron chi connectivity index (χ3n) is 4.51. The van der Waals surface area contributed by atoms with Gasteiger partial charge in [-0.1, -0.05) is 42.4 Å². The fourth-order valence-corrected chi connectivity index (χ4v) is 2.84. The molecule has 3 aromatic heterocycles. The molecule has 0 aliphatic carbocycles. The lowest BCUT2D eigenvalue weighted by atomic mass is 10.1. The number of nitrogens with one attached hydrogen (secondary N) is 1. The van der Waals surface area contributed by atoms with Crippen LogP contribution in [0.3, 0.4) is 0 Å². The van der Waals surface area contributed by atoms with Crippen LogP contribution in [0.25, 0.3) is 17.3 Å². The molecule has 146 valence electrons. The van der Waals surface area contributed by atoms with E-state index in [-0.39, 0.29) is 11.9 Å². The second-order valence-electron chi connectivity index (χ2n) is 6.55. The highest BCUT2D eigenvalue weighted by atomic mass is 16.5. The standard InChI is InChI=1S/C21H20N6O2/c1-3-18-25-21(29-26-18)16-9-10-19(22-11-16)27-12-17(23-13-27)20(28)24-14(2)15-7-5-4-6-8-15/h4-14H,3H2,1-2H3,(H,24,28)/t14-/m1/s1. The third kappa shape index (κ3) is 4.06. The molecule has 8 nitrogen and oxygen atoms in total. The van der Waals surface area contributed by atoms with Gasteiger partial charge in [0.1, 0.15) is 17.8 Å². The number of carbonyl (C=O) groups excluding carboxylic acids is 1. The zero-order valence-electron chi connectivity index (χ0n) is 16.1. The van der Waals surface area contributed by atoms with Crippen LogP contribution in [0.1, 0.15) is 41.8 Å². The van der Waals surface area contributed by atoms with E-state index < -0.39 is 0 Å². The van der Waals surface area contributed by atoms with E-state index in [0.717, 1.165) is 11.1 Å². The van der Waals surface area contributed by atoms with Crippen molar-refractivity contribution in [2.24, 2.45) is 0 Å². The van der Waals surface area contributed by atoms with Gasteiger partial charge in [-0.25, -0.2) is 9.97 Å². The van der Waals surface area contributed by atoms with Crippen molar-refractivity contribution in [2.75, 3.05) is 0 Å². The molecule has 0 spiro atoms. The van der Waals surface area contributed by atoms with E-state index in [1.165, 1.54) is 0 Å². The summed E-state index contributed by atoms with van der Waals surface area (Å²) in [5.41, 5.74) is 2.09. The van der Waals surface area contributed by atoms with E-state index in [9.17, 15) is 4.79 Å². The number of rotatable bonds is 6. The van der Waals surface area contributed by atoms with Gasteiger partial charge in [0, 0.05) is 18.8 Å². The Balaban J connectivity index is 1.46. The van der Waals surface area contributed by atoms with E-state index in [1.807, 2.05) is 50.2 Å². The van der Waals surface area contributed by atoms with Crippen LogP contribution >= 0.6 is 0 Å². The van der Waals surface area contributed by atoms with Crippen molar-refractivity contribution in [3.63, 3.8) is 0 Å². The summed E-state index contributed by atoms with van der Waals surface area (Å²) in [7, 11) is 0. The summed E-state index contributed by atoms with van der Waals surface area (Å²) >= 11 is 0. The highest BCUT2D eigenvalue weighted by molar-refractivity contribution is 5.92. The first-order valence-electron chi connectivity index (χ1n) is 9.33. The second kappa shape index (κ2) is 8.05. The number of hydrogen-bond donors (Lipinski definition) is 1. The Kier molecular flexibility index (Phi) is 5.15. The molecule has 0 radical (unpaired) electrons. The molecule has 0 bridgehead atoms. The van der Waals surface area contributed by atoms with Crippen LogP contribution in [0, 0.1) is 0 Å². The van der Waals surface area contributed by atoms with Crippen molar-refractivity contribution < 1.29 is 9.32 Å². The number of amides is 1. The quantitative estimate of drug-likeness (QED) is 0.544. The van der Waals surface area contributed by atoms with E-state index in [4.69, 9.17) is 4.52 Å². The van der Waals surface area contributed by atoms with Crippen molar-refractivity contribution in [1.82, 2.24) is 30.0 Å². The molecular weight excluding hydrogens is 368 g/mol. The lowest BCUT2D eigenvalue weighted by Gasteiger charge is -2.13. The molecule has 4 rings (SSSR count). The molecule has 0 unspecified atom stereocenters. The lowest BCUT2D eigenvalue weighted by molar-refractivity contribution is 0.0935. The third-order valence-corrected chi connectivity index (χ3v) is 4.51. The maximum absolute atomic E-state index is 12.5. The Morgan fingerprint density at radius 2 is 2.00 bits per heavy atom. The summed E-state index contributed by atoms with van der Waals surface area (Å²) in [6.45, 7) is 3.90. The van der Waals surface area contributed by atoms with E-state index in [1.54, 1.807) is 29.4 Å². The number of nitrogens with zero attached hydrogens (tertiary/aromatic N) is 5. The molecular formula is C21H20N6O2. The summed E-state index contributed by atoms with van der Waals surface area (Å²) in [6.07, 6.45) is 5.57. The summed E-state index contributed by atoms with van der Waals surface area (Å²) in [4.78, 5) is 25.4. The monoisotopic (exact) mass is 388 g/mol. The van der Waals surface area contributed by atoms with Gasteiger partial charge in [-0.05, 0) is 24.6 Å². The number of imidazole rings is 1. The van der Waals surface area contributed by atoms with Gasteiger partial charge in [0.2, 0.25) is 0 Å². The minimum absolute atomic E-state index is 0.117. The second-order valence-corrected chi connectivity index (χ2v) is 6.55. The molecule has 1 amide bonds. The lowest BCUT2D eigenvalue weighted by Crippen LogP contribution is -2.26. The summed E-state index contributed by atoms with van der Waals surface area (Å²) in [6, 6.07) is 13.3. The number of benzene rings is 1. The molecule has 1 N–H and O–H groups in total. The molecule has 0 aliphatic heterocycles. The molecule has 0 fully saturated rings. The molecule has 8 heteroatoms. The van der Waals surface area contributed by atoms with Crippen LogP contribution in [-0.2, 0) is 6.42 Å². The van der Waals surface area contributed by atoms with Crippen molar-refractivity contribution in [1.29, 1.82) is 0 Å². The Morgan fingerprint density at radius 1 is 1.17 bits per heavy atom. The normalized spacial score (nSPS) is 11.9. The molecule has 1 aromatic carbocycles. The molecule has 29 heavy (non-hydrogen) atoms. The fourth-order valence-electron chi connectivity index (χ4n) is 2.84. The van der Waals surface area contributed by atoms with Gasteiger partial charge >= 0.3 is 0 Å². The smallest absolute Gasteiger partial charge is 0.271 e. The zero-order valence-corrected chi connectivity index (χ0v) is 16.1. The maximum Gasteiger partial charge on any atom is 0.271 e. The van der Waals surface area contributed by atoms with Crippen LogP contribution in [0.4, 0.5) is 0 Å². The highest BCUT2D eigenvalue weighted by Gasteiger charge is 2.15. The highest BCUT2D eigenvalue weighted by Crippen LogP contribution is 2.18. The van der Waals surface area contributed by atoms with E-state index in [0.29, 0.717) is 29.6 Å². The van der Waals surface area contributed by atoms with Gasteiger partial charge < -0.3 is 9.84 Å². The van der Waals surface area contributed by atoms with Crippen molar-refractivity contribution in [3.8, 4) is 17.3 Å². The molecule has 0 saturated heterocycles. The van der Waals surface area contributed by atoms with Gasteiger partial charge in [0.25, 0.3) is 11.8 Å². The van der Waals surface area contributed by atoms with Crippen molar-refractivity contribution >= 4 is 5.91 Å². The van der Waals surface area contributed by atoms with Crippen LogP contribution < -0.4 is 5.32 Å². The average Bonchev–Trinajstić information content (AvgIpc) is 3.44. The van der Waals surface area contributed by atoms with Crippen molar-refractivity contribution in [3.05, 3.63) is 78.3 Å². The average molecular weight is 388 g/mol. The largest absolute Gasteiger partial charge is 0.344 e. The minimum atomic E-state index is -0.241. The maximum atomic E-state index is 12.5. The number of aryl methyl sites for hydroxylation is 1. The van der Waals surface area contributed by atoms with Gasteiger partial charge in [-0.3, -0.25) is 9.36 Å². The SMILES string of the molecule is CCc1noc(-c2ccc(-n3cnc(C(=O)N[C@H](C)c4ccccc4)c3)nc2)n1. The van der Waals surface area contributed by atoms with Gasteiger partial charge in [-0.2, -0.15) is 4.98 Å². The molecule has 0 saturated carbocycles. The summed E-state index contributed by atoms with van der Waals surface area (Å²) in [5.74, 6) is 1.47. The van der Waals surface area contributed by atoms with E-state index in [2.05, 4.69) is 25.4 Å². The first kappa shape index (κ1) is 18.5. The summed E-state index contributed by atoms with van der Waals surface area (Å²) in [5, 5.41) is 6.84. The zero-order chi connectivity index (χ0) is 20.2. The fraction of sp³-hybridized carbons (Fsp3) is 0.190. The number of pyridine rings is 1. The topological polar surface area (TPSA) is 98.7 Å². The van der Waals surface area contributed by atoms with Crippen LogP contribution in [0.2, 0.25) is 0 Å². The molecule has 3 heterocycles. The van der Waals surface area contributed by atoms with Gasteiger partial charge in [-0.15, -0.1) is 0 Å². The van der Waals surface area contributed by atoms with Crippen LogP contribution in [-0.4, -0.2) is 30.6 Å². The predicted octanol–water partition coefficient (Wildman–Crippen LogP) is 3.37. The predicted molar refractivity (Wildman–Crippen MR) is 106 cm³/mol. The first-order valence-corrected chi connectivity index (χ1v) is 9.33. The molecule has 0 aliphatic rings. The Hall–Kier alpha value is -3.81. The first-order chi connectivity index (χ1) is 14.1. The van der Waals surface area contributed by atoms with Crippen LogP contribution in [0.15, 0.2) is 65.7 Å². The Bertz CT molecular complexity index is 1100. The minimum Gasteiger partial charge on any atom is -0.344 e. The molecule has 1 atom stereocenters. The Labute approximate surface area is 167 Å². The molecule has 4 aromatic rings. The summed E-state index contributed by atoms with van der Waals surface area (Å²) < 4.78 is 6.91. The number of hydrogen-bond acceptors (Lipinski definition) is 6.